The van der Waals surface area contributed by atoms with Gasteiger partial charge in [0.2, 0.25) is 5.91 Å². The second-order valence-corrected chi connectivity index (χ2v) is 30.2. The number of aryl methyl sites for hydroxylation is 1. The summed E-state index contributed by atoms with van der Waals surface area (Å²) in [6.07, 6.45) is 34.4. The lowest BCUT2D eigenvalue weighted by atomic mass is 9.74. The van der Waals surface area contributed by atoms with Crippen LogP contribution < -0.4 is 31.9 Å². The van der Waals surface area contributed by atoms with Crippen LogP contribution in [0, 0.1) is 29.6 Å². The Morgan fingerprint density at radius 2 is 1.47 bits per heavy atom. The smallest absolute Gasteiger partial charge is 0.390 e. The highest BCUT2D eigenvalue weighted by molar-refractivity contribution is 6.31. The average Bonchev–Trinajstić information content (AvgIpc) is 0.994. The number of carbonyl (C=O) groups is 1. The minimum Gasteiger partial charge on any atom is -0.390 e. The molecular formula is C74H124ClF3N12O. The van der Waals surface area contributed by atoms with Crippen LogP contribution in [0.3, 0.4) is 0 Å². The standard InChI is InChI=1S/C74H124ClF3N12O/c1-12-53(4)67-47-82-54(5)55(6)83-48-68-69(72(91)88-41-22-15-23-42-88)58(9)90(68)70(52(2)3)57(8)85-73(35-20-21-36-73)51-80-39-38-79-37-34-62(32-30-60-31-33-65(66(75)46-60)74(76,77)78)81-40-44-86(10)49-64(45-59-25-16-13-17-26-59)87(11)50-63-29-24-43-89(63)71(56(7)84-67)61-27-18-14-19-28-61/h31,33-34,37,40,44,46,49-50,52-59,61,67-71,79-80,82-85H,12-30,32,35-36,38-39,41-43,45,47-48,51H2,1-11H3/t53-,54-,55?,56?,57?,58?,67+,68?,69-,70-,71+/m0/s1. The number of nitrogens with zero attached hydrogens (tertiary/aromatic N) is 6. The minimum atomic E-state index is -4.51. The summed E-state index contributed by atoms with van der Waals surface area (Å²) in [5, 5.41) is 23.9. The van der Waals surface area contributed by atoms with E-state index in [0.29, 0.717) is 61.0 Å². The summed E-state index contributed by atoms with van der Waals surface area (Å²) >= 11 is 6.22. The summed E-state index contributed by atoms with van der Waals surface area (Å²) in [6.45, 7) is 28.3. The van der Waals surface area contributed by atoms with Gasteiger partial charge in [-0.15, -0.1) is 0 Å². The monoisotopic (exact) mass is 1290 g/mol. The van der Waals surface area contributed by atoms with Crippen molar-refractivity contribution in [2.75, 3.05) is 66.5 Å². The summed E-state index contributed by atoms with van der Waals surface area (Å²) < 4.78 is 41.2. The molecule has 4 heterocycles. The van der Waals surface area contributed by atoms with Crippen LogP contribution in [0.4, 0.5) is 13.2 Å². The molecule has 13 nitrogen and oxygen atoms in total. The summed E-state index contributed by atoms with van der Waals surface area (Å²) in [5.41, 5.74) is 3.43. The molecule has 514 valence electrons. The van der Waals surface area contributed by atoms with E-state index in [-0.39, 0.29) is 58.8 Å². The number of aliphatic imine (C=N–C) groups is 1. The molecule has 1 aromatic carbocycles. The third kappa shape index (κ3) is 20.4. The molecule has 7 aliphatic rings. The van der Waals surface area contributed by atoms with Gasteiger partial charge in [0.15, 0.2) is 0 Å². The molecule has 0 radical (unpaired) electrons. The van der Waals surface area contributed by atoms with Gasteiger partial charge in [0.1, 0.15) is 0 Å². The number of likely N-dealkylation sites (tertiary alicyclic amines) is 1. The van der Waals surface area contributed by atoms with Crippen molar-refractivity contribution in [2.45, 2.75) is 276 Å². The van der Waals surface area contributed by atoms with Gasteiger partial charge in [-0.25, -0.2) is 0 Å². The van der Waals surface area contributed by atoms with E-state index in [0.717, 1.165) is 115 Å². The Hall–Kier alpha value is -3.64. The Morgan fingerprint density at radius 1 is 0.791 bits per heavy atom. The van der Waals surface area contributed by atoms with Crippen molar-refractivity contribution in [1.82, 2.24) is 56.4 Å². The first-order valence-electron chi connectivity index (χ1n) is 36.6. The van der Waals surface area contributed by atoms with E-state index in [1.54, 1.807) is 0 Å². The van der Waals surface area contributed by atoms with Gasteiger partial charge in [-0.05, 0) is 165 Å². The highest BCUT2D eigenvalue weighted by atomic mass is 35.5. The minimum absolute atomic E-state index is 0.0357. The quantitative estimate of drug-likeness (QED) is 0.134. The first-order valence-corrected chi connectivity index (χ1v) is 36.9. The van der Waals surface area contributed by atoms with E-state index >= 15 is 0 Å². The molecule has 6 fully saturated rings. The second kappa shape index (κ2) is 35.4. The first kappa shape index (κ1) is 73.2. The van der Waals surface area contributed by atoms with Gasteiger partial charge >= 0.3 is 6.18 Å². The molecule has 3 saturated heterocycles. The van der Waals surface area contributed by atoms with Crippen molar-refractivity contribution >= 4 is 23.2 Å². The summed E-state index contributed by atoms with van der Waals surface area (Å²) in [6, 6.07) is 6.12. The zero-order valence-electron chi connectivity index (χ0n) is 58.3. The lowest BCUT2D eigenvalue weighted by molar-refractivity contribution is -0.162. The fourth-order valence-corrected chi connectivity index (χ4v) is 17.4. The molecule has 0 aromatic heterocycles. The molecule has 11 atom stereocenters. The number of nitrogens with one attached hydrogen (secondary N) is 6. The number of halogens is 4. The van der Waals surface area contributed by atoms with Crippen LogP contribution >= 0.6 is 11.6 Å². The Kier molecular flexibility index (Phi) is 28.5. The Bertz CT molecular complexity index is 2530. The molecule has 4 aliphatic heterocycles. The molecule has 5 unspecified atom stereocenters. The van der Waals surface area contributed by atoms with E-state index < -0.39 is 11.7 Å². The van der Waals surface area contributed by atoms with Gasteiger partial charge in [-0.1, -0.05) is 116 Å². The van der Waals surface area contributed by atoms with Gasteiger partial charge in [0.25, 0.3) is 0 Å². The average molecular weight is 1290 g/mol. The summed E-state index contributed by atoms with van der Waals surface area (Å²) in [4.78, 5) is 32.1. The zero-order chi connectivity index (χ0) is 65.2. The van der Waals surface area contributed by atoms with Crippen molar-refractivity contribution in [3.8, 4) is 0 Å². The predicted octanol–water partition coefficient (Wildman–Crippen LogP) is 13.8. The third-order valence-electron chi connectivity index (χ3n) is 22.7. The van der Waals surface area contributed by atoms with Crippen LogP contribution in [0.15, 0.2) is 71.7 Å². The van der Waals surface area contributed by atoms with E-state index in [4.69, 9.17) is 16.6 Å². The molecule has 91 heavy (non-hydrogen) atoms. The number of rotatable bonds is 10. The maximum Gasteiger partial charge on any atom is 0.417 e. The Labute approximate surface area is 554 Å². The number of allylic oxidation sites excluding steroid dienone is 3. The van der Waals surface area contributed by atoms with E-state index in [2.05, 4.69) is 145 Å². The van der Waals surface area contributed by atoms with Crippen LogP contribution in [0.2, 0.25) is 5.02 Å². The Balaban J connectivity index is 1.10. The van der Waals surface area contributed by atoms with Gasteiger partial charge in [-0.2, -0.15) is 13.2 Å². The van der Waals surface area contributed by atoms with Crippen molar-refractivity contribution in [1.29, 1.82) is 0 Å². The fraction of sp³-hybridized carbons (Fsp3) is 0.784. The normalized spacial score (nSPS) is 30.8. The lowest BCUT2D eigenvalue weighted by Crippen LogP contribution is -2.76. The number of carbonyl (C=O) groups excluding carboxylic acids is 1. The predicted molar refractivity (Wildman–Crippen MR) is 373 cm³/mol. The van der Waals surface area contributed by atoms with Crippen LogP contribution in [-0.4, -0.2) is 162 Å². The van der Waals surface area contributed by atoms with Gasteiger partial charge in [0, 0.05) is 168 Å². The van der Waals surface area contributed by atoms with Crippen molar-refractivity contribution in [3.05, 3.63) is 82.8 Å². The third-order valence-corrected chi connectivity index (χ3v) is 23.0. The van der Waals surface area contributed by atoms with Crippen LogP contribution in [0.5, 0.6) is 0 Å². The number of hydrogen-bond donors (Lipinski definition) is 6. The molecule has 1 aromatic rings. The fourth-order valence-electron chi connectivity index (χ4n) is 17.1. The van der Waals surface area contributed by atoms with E-state index in [1.165, 1.54) is 107 Å². The van der Waals surface area contributed by atoms with Crippen molar-refractivity contribution in [2.24, 2.45) is 34.6 Å². The van der Waals surface area contributed by atoms with Crippen molar-refractivity contribution in [3.63, 3.8) is 0 Å². The molecule has 1 spiro atoms. The summed E-state index contributed by atoms with van der Waals surface area (Å²) in [5.74, 6) is 2.43. The van der Waals surface area contributed by atoms with Crippen LogP contribution in [0.25, 0.3) is 0 Å². The lowest BCUT2D eigenvalue weighted by Gasteiger charge is -2.60. The maximum atomic E-state index is 14.8. The molecule has 0 bridgehead atoms. The molecule has 1 amide bonds. The molecular weight excluding hydrogens is 1170 g/mol. The largest absolute Gasteiger partial charge is 0.417 e. The van der Waals surface area contributed by atoms with Crippen LogP contribution in [-0.2, 0) is 17.4 Å². The number of alkyl halides is 3. The first-order chi connectivity index (χ1) is 43.7. The number of benzene rings is 1. The van der Waals surface area contributed by atoms with E-state index in [9.17, 15) is 18.0 Å². The van der Waals surface area contributed by atoms with Crippen LogP contribution in [0.1, 0.15) is 215 Å². The SMILES string of the molecule is CC[C@H](C)[C@H]1CN[C@@H](C)C(C)NCC2[C@@H](C(=O)N3CCCCC3)C(C)N2[C@@H](C(C)C)C(C)NC2(CCCC2)CNCCNC=CC(CCc2ccc(C(F)(F)F)c(Cl)c2)=NC=CN(C)C=C(CC2CCCCC2)N(C)C=C2CCCN2[C@@H](C2CCCCC2)C(C)N1. The highest BCUT2D eigenvalue weighted by Crippen LogP contribution is 2.42. The Morgan fingerprint density at radius 3 is 2.14 bits per heavy atom. The van der Waals surface area contributed by atoms with Gasteiger partial charge < -0.3 is 51.5 Å². The molecule has 6 N–H and O–H groups in total. The molecule has 3 saturated carbocycles. The molecule has 8 rings (SSSR count). The maximum absolute atomic E-state index is 14.8. The highest BCUT2D eigenvalue weighted by Gasteiger charge is 2.55. The van der Waals surface area contributed by atoms with Crippen molar-refractivity contribution < 1.29 is 18.0 Å². The number of amides is 1. The number of piperidine rings is 1. The van der Waals surface area contributed by atoms with E-state index in [1.807, 2.05) is 24.7 Å². The van der Waals surface area contributed by atoms with Gasteiger partial charge in [-0.3, -0.25) is 14.7 Å². The topological polar surface area (TPSA) is 118 Å². The number of hydrogen-bond acceptors (Lipinski definition) is 12. The summed E-state index contributed by atoms with van der Waals surface area (Å²) in [7, 11) is 4.36. The second-order valence-electron chi connectivity index (χ2n) is 29.8. The van der Waals surface area contributed by atoms with Gasteiger partial charge in [0.05, 0.1) is 16.5 Å². The number of fused-ring (bicyclic) bond motifs is 2. The molecule has 17 heteroatoms. The zero-order valence-corrected chi connectivity index (χ0v) is 59.1. The molecule has 3 aliphatic carbocycles.